The lowest BCUT2D eigenvalue weighted by Crippen LogP contribution is -2.52. The lowest BCUT2D eigenvalue weighted by atomic mass is 9.87. The van der Waals surface area contributed by atoms with Gasteiger partial charge in [-0.15, -0.1) is 0 Å². The molecule has 0 aromatic carbocycles. The van der Waals surface area contributed by atoms with Gasteiger partial charge in [0.25, 0.3) is 0 Å². The van der Waals surface area contributed by atoms with E-state index in [0.717, 1.165) is 0 Å². The van der Waals surface area contributed by atoms with Crippen molar-refractivity contribution in [2.24, 2.45) is 11.1 Å². The van der Waals surface area contributed by atoms with Crippen LogP contribution in [0.25, 0.3) is 0 Å². The van der Waals surface area contributed by atoms with Crippen molar-refractivity contribution in [2.75, 3.05) is 0 Å². The molecule has 0 saturated heterocycles. The van der Waals surface area contributed by atoms with Crippen molar-refractivity contribution in [2.45, 2.75) is 53.2 Å². The maximum atomic E-state index is 11.6. The minimum atomic E-state index is -0.525. The number of alkyl carbamates (subject to hydrolysis) is 1. The van der Waals surface area contributed by atoms with Gasteiger partial charge >= 0.3 is 6.09 Å². The van der Waals surface area contributed by atoms with Gasteiger partial charge in [-0.3, -0.25) is 0 Å². The molecular formula is C11H22N2O2S. The van der Waals surface area contributed by atoms with Gasteiger partial charge in [-0.05, 0) is 26.2 Å². The van der Waals surface area contributed by atoms with Gasteiger partial charge in [0.05, 0.1) is 11.0 Å². The first kappa shape index (κ1) is 15.2. The van der Waals surface area contributed by atoms with Crippen molar-refractivity contribution >= 4 is 23.3 Å². The number of carbonyl (C=O) groups excluding carboxylic acids is 1. The summed E-state index contributed by atoms with van der Waals surface area (Å²) in [6.45, 7) is 11.3. The molecule has 0 radical (unpaired) electrons. The third-order valence-electron chi connectivity index (χ3n) is 1.81. The Hall–Kier alpha value is -0.840. The number of thiocarbonyl (C=S) groups is 1. The van der Waals surface area contributed by atoms with Crippen LogP contribution in [0.5, 0.6) is 0 Å². The van der Waals surface area contributed by atoms with Crippen LogP contribution in [0, 0.1) is 5.41 Å². The fourth-order valence-electron chi connectivity index (χ4n) is 1.14. The van der Waals surface area contributed by atoms with Crippen LogP contribution in [0.15, 0.2) is 0 Å². The topological polar surface area (TPSA) is 64.3 Å². The fraction of sp³-hybridized carbons (Fsp3) is 0.818. The zero-order valence-electron chi connectivity index (χ0n) is 10.9. The molecule has 5 heteroatoms. The van der Waals surface area contributed by atoms with E-state index >= 15 is 0 Å². The highest BCUT2D eigenvalue weighted by molar-refractivity contribution is 7.80. The van der Waals surface area contributed by atoms with Crippen LogP contribution in [0.1, 0.15) is 41.5 Å². The predicted molar refractivity (Wildman–Crippen MR) is 69.4 cm³/mol. The zero-order valence-corrected chi connectivity index (χ0v) is 11.7. The molecule has 1 atom stereocenters. The monoisotopic (exact) mass is 246 g/mol. The lowest BCUT2D eigenvalue weighted by molar-refractivity contribution is 0.0491. The molecule has 0 heterocycles. The Bertz CT molecular complexity index is 277. The van der Waals surface area contributed by atoms with Gasteiger partial charge in [0.2, 0.25) is 0 Å². The molecule has 16 heavy (non-hydrogen) atoms. The van der Waals surface area contributed by atoms with Crippen molar-refractivity contribution in [3.8, 4) is 0 Å². The second-order valence-corrected chi connectivity index (χ2v) is 6.32. The van der Waals surface area contributed by atoms with Crippen molar-refractivity contribution in [1.29, 1.82) is 0 Å². The molecule has 0 saturated carbocycles. The Kier molecular flexibility index (Phi) is 4.73. The fourth-order valence-corrected chi connectivity index (χ4v) is 1.55. The number of carbonyl (C=O) groups is 1. The zero-order chi connectivity index (χ0) is 13.1. The molecule has 3 N–H and O–H groups in total. The van der Waals surface area contributed by atoms with E-state index < -0.39 is 11.7 Å². The average Bonchev–Trinajstić information content (AvgIpc) is 1.93. The Morgan fingerprint density at radius 2 is 1.69 bits per heavy atom. The highest BCUT2D eigenvalue weighted by Crippen LogP contribution is 2.20. The molecule has 0 bridgehead atoms. The third-order valence-corrected chi connectivity index (χ3v) is 2.05. The highest BCUT2D eigenvalue weighted by Gasteiger charge is 2.30. The number of rotatable bonds is 2. The molecule has 4 nitrogen and oxygen atoms in total. The summed E-state index contributed by atoms with van der Waals surface area (Å²) in [6.07, 6.45) is -0.500. The van der Waals surface area contributed by atoms with Gasteiger partial charge in [0.1, 0.15) is 5.60 Å². The van der Waals surface area contributed by atoms with E-state index in [9.17, 15) is 4.79 Å². The SMILES string of the molecule is CC(C)(C)OC(=O)N[C@@H](C(N)=S)C(C)(C)C. The summed E-state index contributed by atoms with van der Waals surface area (Å²) < 4.78 is 5.15. The number of ether oxygens (including phenoxy) is 1. The lowest BCUT2D eigenvalue weighted by Gasteiger charge is -2.31. The summed E-state index contributed by atoms with van der Waals surface area (Å²) in [4.78, 5) is 11.8. The first-order chi connectivity index (χ1) is 6.93. The summed E-state index contributed by atoms with van der Waals surface area (Å²) in [6, 6.07) is -0.377. The predicted octanol–water partition coefficient (Wildman–Crippen LogP) is 2.21. The van der Waals surface area contributed by atoms with Crippen molar-refractivity contribution < 1.29 is 9.53 Å². The molecule has 0 aromatic heterocycles. The van der Waals surface area contributed by atoms with E-state index in [2.05, 4.69) is 5.32 Å². The van der Waals surface area contributed by atoms with Crippen LogP contribution in [-0.2, 0) is 4.74 Å². The molecule has 0 fully saturated rings. The molecule has 1 amide bonds. The van der Waals surface area contributed by atoms with Gasteiger partial charge in [-0.2, -0.15) is 0 Å². The van der Waals surface area contributed by atoms with Gasteiger partial charge in [-0.1, -0.05) is 33.0 Å². The Labute approximate surface area is 103 Å². The van der Waals surface area contributed by atoms with Crippen LogP contribution in [-0.4, -0.2) is 22.7 Å². The van der Waals surface area contributed by atoms with Crippen LogP contribution in [0.4, 0.5) is 4.79 Å². The molecule has 0 aliphatic heterocycles. The van der Waals surface area contributed by atoms with Gasteiger partial charge < -0.3 is 15.8 Å². The third kappa shape index (κ3) is 5.90. The number of hydrogen-bond donors (Lipinski definition) is 2. The Morgan fingerprint density at radius 3 is 1.94 bits per heavy atom. The molecule has 0 aliphatic carbocycles. The first-order valence-electron chi connectivity index (χ1n) is 5.22. The van der Waals surface area contributed by atoms with E-state index in [1.807, 2.05) is 20.8 Å². The van der Waals surface area contributed by atoms with Gasteiger partial charge in [0, 0.05) is 0 Å². The molecule has 94 valence electrons. The first-order valence-corrected chi connectivity index (χ1v) is 5.63. The summed E-state index contributed by atoms with van der Waals surface area (Å²) >= 11 is 4.93. The van der Waals surface area contributed by atoms with Crippen LogP contribution in [0.2, 0.25) is 0 Å². The summed E-state index contributed by atoms with van der Waals surface area (Å²) in [5.74, 6) is 0. The number of nitrogens with two attached hydrogens (primary N) is 1. The van der Waals surface area contributed by atoms with E-state index in [0.29, 0.717) is 0 Å². The number of hydrogen-bond acceptors (Lipinski definition) is 3. The maximum Gasteiger partial charge on any atom is 0.408 e. The van der Waals surface area contributed by atoms with Crippen molar-refractivity contribution in [3.63, 3.8) is 0 Å². The molecule has 0 rings (SSSR count). The number of nitrogens with one attached hydrogen (secondary N) is 1. The molecule has 0 unspecified atom stereocenters. The Balaban J connectivity index is 4.56. The highest BCUT2D eigenvalue weighted by atomic mass is 32.1. The largest absolute Gasteiger partial charge is 0.444 e. The van der Waals surface area contributed by atoms with E-state index in [-0.39, 0.29) is 16.4 Å². The van der Waals surface area contributed by atoms with Gasteiger partial charge in [-0.25, -0.2) is 4.79 Å². The second kappa shape index (κ2) is 4.99. The molecular weight excluding hydrogens is 224 g/mol. The maximum absolute atomic E-state index is 11.6. The van der Waals surface area contributed by atoms with Crippen molar-refractivity contribution in [3.05, 3.63) is 0 Å². The van der Waals surface area contributed by atoms with E-state index in [1.54, 1.807) is 20.8 Å². The molecule has 0 aliphatic rings. The summed E-state index contributed by atoms with van der Waals surface area (Å²) in [5, 5.41) is 2.69. The normalized spacial score (nSPS) is 14.1. The Morgan fingerprint density at radius 1 is 1.25 bits per heavy atom. The summed E-state index contributed by atoms with van der Waals surface area (Å²) in [5.41, 5.74) is 4.84. The van der Waals surface area contributed by atoms with E-state index in [1.165, 1.54) is 0 Å². The number of amides is 1. The molecule has 0 aromatic rings. The van der Waals surface area contributed by atoms with Crippen LogP contribution >= 0.6 is 12.2 Å². The van der Waals surface area contributed by atoms with Crippen LogP contribution < -0.4 is 11.1 Å². The van der Waals surface area contributed by atoms with Crippen LogP contribution in [0.3, 0.4) is 0 Å². The average molecular weight is 246 g/mol. The second-order valence-electron chi connectivity index (χ2n) is 5.85. The smallest absolute Gasteiger partial charge is 0.408 e. The quantitative estimate of drug-likeness (QED) is 0.733. The standard InChI is InChI=1S/C11H22N2O2S/c1-10(2,3)7(8(12)16)13-9(14)15-11(4,5)6/h7H,1-6H3,(H2,12,16)(H,13,14)/t7-/m0/s1. The minimum absolute atomic E-state index is 0.233. The minimum Gasteiger partial charge on any atom is -0.444 e. The summed E-state index contributed by atoms with van der Waals surface area (Å²) in [7, 11) is 0. The molecule has 0 spiro atoms. The van der Waals surface area contributed by atoms with Crippen molar-refractivity contribution in [1.82, 2.24) is 5.32 Å². The van der Waals surface area contributed by atoms with Gasteiger partial charge in [0.15, 0.2) is 0 Å². The van der Waals surface area contributed by atoms with E-state index in [4.69, 9.17) is 22.7 Å².